The van der Waals surface area contributed by atoms with Gasteiger partial charge in [0.05, 0.1) is 18.1 Å². The molecule has 2 aromatic heterocycles. The number of ether oxygens (including phenoxy) is 1. The van der Waals surface area contributed by atoms with Crippen LogP contribution in [0.1, 0.15) is 39.0 Å². The fourth-order valence-corrected chi connectivity index (χ4v) is 4.56. The molecule has 2 N–H and O–H groups in total. The van der Waals surface area contributed by atoms with E-state index in [4.69, 9.17) is 16.3 Å². The van der Waals surface area contributed by atoms with Gasteiger partial charge >= 0.3 is 5.97 Å². The molecule has 0 radical (unpaired) electrons. The number of halogens is 1. The van der Waals surface area contributed by atoms with Gasteiger partial charge in [0.1, 0.15) is 5.52 Å². The summed E-state index contributed by atoms with van der Waals surface area (Å²) >= 11 is 6.03. The molecule has 3 saturated carbocycles. The molecule has 25 heavy (non-hydrogen) atoms. The van der Waals surface area contributed by atoms with E-state index < -0.39 is 0 Å². The number of hydrogen-bond acceptors (Lipinski definition) is 6. The molecular weight excluding hydrogens is 344 g/mol. The van der Waals surface area contributed by atoms with Gasteiger partial charge in [-0.3, -0.25) is 4.79 Å². The maximum Gasteiger partial charge on any atom is 0.311 e. The van der Waals surface area contributed by atoms with Gasteiger partial charge in [-0.15, -0.1) is 5.10 Å². The van der Waals surface area contributed by atoms with Gasteiger partial charge in [0.25, 0.3) is 0 Å². The summed E-state index contributed by atoms with van der Waals surface area (Å²) < 4.78 is 6.68. The van der Waals surface area contributed by atoms with Crippen LogP contribution >= 0.6 is 11.6 Å². The lowest BCUT2D eigenvalue weighted by Gasteiger charge is -2.51. The lowest BCUT2D eigenvalue weighted by molar-refractivity contribution is -0.154. The predicted octanol–water partition coefficient (Wildman–Crippen LogP) is 3.01. The van der Waals surface area contributed by atoms with Crippen LogP contribution < -0.4 is 5.32 Å². The molecule has 134 valence electrons. The van der Waals surface area contributed by atoms with Crippen LogP contribution in [0, 0.1) is 11.8 Å². The van der Waals surface area contributed by atoms with Crippen LogP contribution in [-0.2, 0) is 9.53 Å². The number of rotatable bonds is 4. The van der Waals surface area contributed by atoms with E-state index >= 15 is 0 Å². The first-order valence-corrected chi connectivity index (χ1v) is 9.09. The Hall–Kier alpha value is -2.02. The second-order valence-electron chi connectivity index (χ2n) is 6.98. The van der Waals surface area contributed by atoms with Gasteiger partial charge in [0, 0.05) is 6.07 Å². The first kappa shape index (κ1) is 16.4. The zero-order chi connectivity index (χ0) is 17.6. The molecule has 3 aliphatic carbocycles. The first-order chi connectivity index (χ1) is 12.0. The SMILES string of the molecule is CCOC(=O)C1CC2CCC1(Nc1nc(Cl)nn3c(O)ccc13)CC2. The summed E-state index contributed by atoms with van der Waals surface area (Å²) in [6, 6.07) is 3.28. The minimum atomic E-state index is -0.390. The summed E-state index contributed by atoms with van der Waals surface area (Å²) in [5.41, 5.74) is 0.241. The van der Waals surface area contributed by atoms with Crippen LogP contribution in [0.5, 0.6) is 5.88 Å². The Labute approximate surface area is 150 Å². The number of carbonyl (C=O) groups excluding carboxylic acids is 1. The Kier molecular flexibility index (Phi) is 3.98. The summed E-state index contributed by atoms with van der Waals surface area (Å²) in [6.07, 6.45) is 4.80. The molecule has 2 bridgehead atoms. The van der Waals surface area contributed by atoms with Crippen molar-refractivity contribution in [1.82, 2.24) is 14.6 Å². The van der Waals surface area contributed by atoms with E-state index in [2.05, 4.69) is 15.4 Å². The van der Waals surface area contributed by atoms with Crippen molar-refractivity contribution in [3.05, 3.63) is 17.4 Å². The average Bonchev–Trinajstić information content (AvgIpc) is 2.97. The molecule has 2 heterocycles. The van der Waals surface area contributed by atoms with Crippen molar-refractivity contribution < 1.29 is 14.6 Å². The van der Waals surface area contributed by atoms with E-state index in [0.29, 0.717) is 23.9 Å². The van der Waals surface area contributed by atoms with Crippen LogP contribution in [-0.4, -0.2) is 37.8 Å². The quantitative estimate of drug-likeness (QED) is 0.811. The van der Waals surface area contributed by atoms with E-state index in [1.807, 2.05) is 6.92 Å². The van der Waals surface area contributed by atoms with Crippen molar-refractivity contribution in [2.45, 2.75) is 44.6 Å². The number of aromatic nitrogens is 3. The van der Waals surface area contributed by atoms with Gasteiger partial charge in [0.2, 0.25) is 11.2 Å². The molecule has 7 nitrogen and oxygen atoms in total. The molecule has 0 aliphatic heterocycles. The number of esters is 1. The monoisotopic (exact) mass is 364 g/mol. The standard InChI is InChI=1S/C17H21ClN4O3/c1-2-25-15(24)11-9-10-5-7-17(11,8-6-10)20-14-12-3-4-13(23)22(12)21-16(18)19-14/h3-4,10-11,23H,2,5-9H2,1H3,(H,19,20,21). The van der Waals surface area contributed by atoms with Gasteiger partial charge in [-0.05, 0) is 62.6 Å². The van der Waals surface area contributed by atoms with Crippen molar-refractivity contribution in [2.24, 2.45) is 11.8 Å². The number of carbonyl (C=O) groups is 1. The lowest BCUT2D eigenvalue weighted by Crippen LogP contribution is -2.56. The Morgan fingerprint density at radius 1 is 1.48 bits per heavy atom. The molecular formula is C17H21ClN4O3. The van der Waals surface area contributed by atoms with Gasteiger partial charge in [0.15, 0.2) is 5.82 Å². The average molecular weight is 365 g/mol. The maximum atomic E-state index is 12.6. The van der Waals surface area contributed by atoms with Crippen LogP contribution in [0.15, 0.2) is 12.1 Å². The van der Waals surface area contributed by atoms with Crippen LogP contribution in [0.2, 0.25) is 5.28 Å². The van der Waals surface area contributed by atoms with E-state index in [9.17, 15) is 9.90 Å². The van der Waals surface area contributed by atoms with Crippen molar-refractivity contribution in [2.75, 3.05) is 11.9 Å². The maximum absolute atomic E-state index is 12.6. The summed E-state index contributed by atoms with van der Waals surface area (Å²) in [7, 11) is 0. The summed E-state index contributed by atoms with van der Waals surface area (Å²) in [5.74, 6) is 0.777. The number of nitrogens with zero attached hydrogens (tertiary/aromatic N) is 3. The molecule has 1 atom stereocenters. The molecule has 3 aliphatic rings. The second kappa shape index (κ2) is 6.05. The molecule has 0 amide bonds. The predicted molar refractivity (Wildman–Crippen MR) is 92.7 cm³/mol. The molecule has 0 spiro atoms. The number of hydrogen-bond donors (Lipinski definition) is 2. The zero-order valence-corrected chi connectivity index (χ0v) is 14.8. The highest BCUT2D eigenvalue weighted by atomic mass is 35.5. The highest BCUT2D eigenvalue weighted by Gasteiger charge is 2.52. The molecule has 8 heteroatoms. The van der Waals surface area contributed by atoms with E-state index in [-0.39, 0.29) is 28.6 Å². The lowest BCUT2D eigenvalue weighted by atomic mass is 9.59. The number of nitrogens with one attached hydrogen (secondary N) is 1. The molecule has 3 fully saturated rings. The third-order valence-corrected chi connectivity index (χ3v) is 5.80. The minimum absolute atomic E-state index is 0.00542. The normalized spacial score (nSPS) is 28.2. The largest absolute Gasteiger partial charge is 0.493 e. The van der Waals surface area contributed by atoms with Crippen molar-refractivity contribution in [3.8, 4) is 5.88 Å². The van der Waals surface area contributed by atoms with Gasteiger partial charge < -0.3 is 15.2 Å². The molecule has 2 aromatic rings. The minimum Gasteiger partial charge on any atom is -0.493 e. The smallest absolute Gasteiger partial charge is 0.311 e. The van der Waals surface area contributed by atoms with Crippen molar-refractivity contribution in [3.63, 3.8) is 0 Å². The van der Waals surface area contributed by atoms with Gasteiger partial charge in [-0.2, -0.15) is 9.50 Å². The topological polar surface area (TPSA) is 88.8 Å². The number of fused-ring (bicyclic) bond motifs is 4. The number of anilines is 1. The van der Waals surface area contributed by atoms with E-state index in [1.165, 1.54) is 4.52 Å². The Morgan fingerprint density at radius 2 is 2.24 bits per heavy atom. The fraction of sp³-hybridized carbons (Fsp3) is 0.588. The van der Waals surface area contributed by atoms with Crippen LogP contribution in [0.3, 0.4) is 0 Å². The van der Waals surface area contributed by atoms with Gasteiger partial charge in [-0.1, -0.05) is 0 Å². The van der Waals surface area contributed by atoms with Crippen molar-refractivity contribution >= 4 is 28.9 Å². The van der Waals surface area contributed by atoms with Crippen molar-refractivity contribution in [1.29, 1.82) is 0 Å². The summed E-state index contributed by atoms with van der Waals surface area (Å²) in [5, 5.41) is 17.5. The Bertz CT molecular complexity index is 814. The second-order valence-corrected chi connectivity index (χ2v) is 7.32. The highest BCUT2D eigenvalue weighted by molar-refractivity contribution is 6.28. The molecule has 1 unspecified atom stereocenters. The third-order valence-electron chi connectivity index (χ3n) is 5.64. The molecule has 0 saturated heterocycles. The van der Waals surface area contributed by atoms with Crippen LogP contribution in [0.25, 0.3) is 5.52 Å². The van der Waals surface area contributed by atoms with E-state index in [1.54, 1.807) is 12.1 Å². The van der Waals surface area contributed by atoms with Gasteiger partial charge in [-0.25, -0.2) is 0 Å². The number of aromatic hydroxyl groups is 1. The van der Waals surface area contributed by atoms with E-state index in [0.717, 1.165) is 32.1 Å². The highest BCUT2D eigenvalue weighted by Crippen LogP contribution is 2.50. The zero-order valence-electron chi connectivity index (χ0n) is 14.0. The van der Waals surface area contributed by atoms with Crippen LogP contribution in [0.4, 0.5) is 5.82 Å². The Balaban J connectivity index is 1.73. The Morgan fingerprint density at radius 3 is 2.96 bits per heavy atom. The fourth-order valence-electron chi connectivity index (χ4n) is 4.40. The first-order valence-electron chi connectivity index (χ1n) is 8.71. The summed E-state index contributed by atoms with van der Waals surface area (Å²) in [4.78, 5) is 16.9. The molecule has 5 rings (SSSR count). The third kappa shape index (κ3) is 2.70. The summed E-state index contributed by atoms with van der Waals surface area (Å²) in [6.45, 7) is 2.21. The molecule has 0 aromatic carbocycles.